The zero-order valence-electron chi connectivity index (χ0n) is 21.2. The summed E-state index contributed by atoms with van der Waals surface area (Å²) < 4.78 is 5.25. The summed E-state index contributed by atoms with van der Waals surface area (Å²) in [4.78, 5) is 24.7. The molecule has 6 nitrogen and oxygen atoms in total. The van der Waals surface area contributed by atoms with E-state index in [2.05, 4.69) is 25.2 Å². The van der Waals surface area contributed by atoms with Crippen molar-refractivity contribution in [2.24, 2.45) is 34.5 Å². The minimum atomic E-state index is -0.774. The summed E-state index contributed by atoms with van der Waals surface area (Å²) >= 11 is 0. The number of nitrogens with zero attached hydrogens (tertiary/aromatic N) is 1. The number of hydrogen-bond acceptors (Lipinski definition) is 4. The lowest BCUT2D eigenvalue weighted by Crippen LogP contribution is -2.58. The minimum Gasteiger partial charge on any atom is -0.465 e. The van der Waals surface area contributed by atoms with Gasteiger partial charge in [0.15, 0.2) is 0 Å². The largest absolute Gasteiger partial charge is 0.465 e. The topological polar surface area (TPSA) is 82.8 Å². The third-order valence-electron chi connectivity index (χ3n) is 11.3. The van der Waals surface area contributed by atoms with Crippen LogP contribution in [-0.4, -0.2) is 41.8 Å². The Morgan fingerprint density at radius 1 is 1.17 bits per heavy atom. The van der Waals surface area contributed by atoms with E-state index < -0.39 is 6.09 Å². The van der Waals surface area contributed by atoms with Crippen LogP contribution in [0.2, 0.25) is 0 Å². The van der Waals surface area contributed by atoms with Gasteiger partial charge in [-0.05, 0) is 103 Å². The fraction of sp³-hybridized carbons (Fsp3) is 0.724. The molecular weight excluding hydrogens is 440 g/mol. The van der Waals surface area contributed by atoms with Gasteiger partial charge >= 0.3 is 11.7 Å². The molecule has 0 aromatic carbocycles. The third kappa shape index (κ3) is 3.70. The number of hydrogen-bond donors (Lipinski definition) is 2. The standard InChI is InChI=1S/C29H40N2O4/c1-28-11-9-18(25-16-31(27(33)34)14-13-30-25)15-20(28)4-5-21-23-7-6-22(19-3-8-26(32)35-17-19)29(23,2)12-10-24(21)28/h3,7-8,17-18,20-22,24-25,30H,4-6,9-16H2,1-2H3,(H,33,34)/t18?,20-,21+,22-,24+,25-,28+,29-/m1/s1. The molecule has 1 aliphatic heterocycles. The second kappa shape index (κ2) is 8.50. The predicted molar refractivity (Wildman–Crippen MR) is 134 cm³/mol. The highest BCUT2D eigenvalue weighted by molar-refractivity contribution is 5.65. The van der Waals surface area contributed by atoms with Gasteiger partial charge in [-0.1, -0.05) is 25.5 Å². The summed E-state index contributed by atoms with van der Waals surface area (Å²) in [5, 5.41) is 13.1. The number of piperazine rings is 1. The molecule has 1 unspecified atom stereocenters. The van der Waals surface area contributed by atoms with Crippen molar-refractivity contribution in [1.29, 1.82) is 0 Å². The van der Waals surface area contributed by atoms with E-state index in [1.165, 1.54) is 50.5 Å². The third-order valence-corrected chi connectivity index (χ3v) is 11.3. The Hall–Kier alpha value is -2.08. The molecule has 0 spiro atoms. The Bertz CT molecular complexity index is 1060. The van der Waals surface area contributed by atoms with E-state index in [0.717, 1.165) is 24.8 Å². The normalized spacial score (nSPS) is 43.0. The van der Waals surface area contributed by atoms with Crippen LogP contribution in [0.15, 0.2) is 39.3 Å². The Kier molecular flexibility index (Phi) is 5.66. The van der Waals surface area contributed by atoms with Gasteiger partial charge in [-0.2, -0.15) is 0 Å². The molecule has 2 heterocycles. The molecule has 6 heteroatoms. The Labute approximate surface area is 208 Å². The second-order valence-electron chi connectivity index (χ2n) is 12.6. The Morgan fingerprint density at radius 2 is 2.03 bits per heavy atom. The van der Waals surface area contributed by atoms with Gasteiger partial charge in [0.05, 0.1) is 6.26 Å². The molecule has 3 saturated carbocycles. The first-order valence-electron chi connectivity index (χ1n) is 13.8. The van der Waals surface area contributed by atoms with Crippen molar-refractivity contribution in [2.45, 2.75) is 77.2 Å². The van der Waals surface area contributed by atoms with E-state index in [1.807, 2.05) is 6.07 Å². The summed E-state index contributed by atoms with van der Waals surface area (Å²) in [5.41, 5.74) is 3.16. The van der Waals surface area contributed by atoms with Gasteiger partial charge < -0.3 is 19.7 Å². The monoisotopic (exact) mass is 480 g/mol. The maximum Gasteiger partial charge on any atom is 0.407 e. The summed E-state index contributed by atoms with van der Waals surface area (Å²) in [7, 11) is 0. The van der Waals surface area contributed by atoms with Gasteiger partial charge in [-0.3, -0.25) is 0 Å². The number of amides is 1. The molecule has 4 fully saturated rings. The van der Waals surface area contributed by atoms with Crippen molar-refractivity contribution >= 4 is 6.09 Å². The van der Waals surface area contributed by atoms with E-state index in [1.54, 1.807) is 22.8 Å². The first kappa shape index (κ1) is 23.3. The summed E-state index contributed by atoms with van der Waals surface area (Å²) in [6.45, 7) is 7.07. The van der Waals surface area contributed by atoms with Crippen molar-refractivity contribution < 1.29 is 14.3 Å². The van der Waals surface area contributed by atoms with Crippen molar-refractivity contribution in [3.63, 3.8) is 0 Å². The number of fused-ring (bicyclic) bond motifs is 5. The number of nitrogens with one attached hydrogen (secondary N) is 1. The highest BCUT2D eigenvalue weighted by Crippen LogP contribution is 2.67. The minimum absolute atomic E-state index is 0.174. The second-order valence-corrected chi connectivity index (χ2v) is 12.6. The van der Waals surface area contributed by atoms with Crippen LogP contribution in [0.3, 0.4) is 0 Å². The molecule has 6 rings (SSSR count). The fourth-order valence-corrected chi connectivity index (χ4v) is 9.33. The SMILES string of the molecule is C[C@]12CCC([C@H]3CN(C(=O)O)CCN3)C[C@H]1CC[C@H]1C3=CC[C@H](c4ccc(=O)oc4)[C@@]3(C)CC[C@@H]12. The van der Waals surface area contributed by atoms with Crippen LogP contribution < -0.4 is 10.9 Å². The van der Waals surface area contributed by atoms with Crippen molar-refractivity contribution in [1.82, 2.24) is 10.2 Å². The fourth-order valence-electron chi connectivity index (χ4n) is 9.33. The van der Waals surface area contributed by atoms with Gasteiger partial charge in [-0.15, -0.1) is 0 Å². The number of carboxylic acid groups (broad SMARTS) is 1. The molecule has 4 aliphatic carbocycles. The lowest BCUT2D eigenvalue weighted by Gasteiger charge is -2.60. The van der Waals surface area contributed by atoms with Gasteiger partial charge in [0, 0.05) is 31.7 Å². The highest BCUT2D eigenvalue weighted by atomic mass is 16.4. The maximum atomic E-state index is 11.5. The van der Waals surface area contributed by atoms with Crippen LogP contribution in [0.25, 0.3) is 0 Å². The van der Waals surface area contributed by atoms with Crippen LogP contribution in [-0.2, 0) is 0 Å². The summed E-state index contributed by atoms with van der Waals surface area (Å²) in [6, 6.07) is 3.86. The Morgan fingerprint density at radius 3 is 2.80 bits per heavy atom. The summed E-state index contributed by atoms with van der Waals surface area (Å²) in [5.74, 6) is 3.18. The van der Waals surface area contributed by atoms with Crippen LogP contribution in [0.1, 0.15) is 76.7 Å². The molecule has 0 bridgehead atoms. The first-order valence-corrected chi connectivity index (χ1v) is 13.8. The number of rotatable bonds is 2. The van der Waals surface area contributed by atoms with E-state index >= 15 is 0 Å². The predicted octanol–water partition coefficient (Wildman–Crippen LogP) is 5.25. The maximum absolute atomic E-state index is 11.5. The molecule has 1 aromatic rings. The average Bonchev–Trinajstić information content (AvgIpc) is 3.21. The molecular formula is C29H40N2O4. The molecule has 35 heavy (non-hydrogen) atoms. The molecule has 2 N–H and O–H groups in total. The van der Waals surface area contributed by atoms with Crippen LogP contribution >= 0.6 is 0 Å². The smallest absolute Gasteiger partial charge is 0.407 e. The number of allylic oxidation sites excluding steroid dienone is 2. The van der Waals surface area contributed by atoms with Crippen LogP contribution in [0.5, 0.6) is 0 Å². The van der Waals surface area contributed by atoms with Gasteiger partial charge in [0.25, 0.3) is 0 Å². The van der Waals surface area contributed by atoms with Crippen LogP contribution in [0.4, 0.5) is 4.79 Å². The molecule has 0 radical (unpaired) electrons. The van der Waals surface area contributed by atoms with Crippen molar-refractivity contribution in [3.8, 4) is 0 Å². The first-order chi connectivity index (χ1) is 16.8. The van der Waals surface area contributed by atoms with Crippen molar-refractivity contribution in [2.75, 3.05) is 19.6 Å². The van der Waals surface area contributed by atoms with E-state index in [0.29, 0.717) is 42.3 Å². The lowest BCUT2D eigenvalue weighted by molar-refractivity contribution is -0.0712. The van der Waals surface area contributed by atoms with Gasteiger partial charge in [0.1, 0.15) is 0 Å². The molecule has 190 valence electrons. The van der Waals surface area contributed by atoms with E-state index in [9.17, 15) is 14.7 Å². The summed E-state index contributed by atoms with van der Waals surface area (Å²) in [6.07, 6.45) is 13.3. The van der Waals surface area contributed by atoms with Crippen LogP contribution in [0, 0.1) is 34.5 Å². The van der Waals surface area contributed by atoms with Gasteiger partial charge in [-0.25, -0.2) is 9.59 Å². The van der Waals surface area contributed by atoms with Gasteiger partial charge in [0.2, 0.25) is 0 Å². The highest BCUT2D eigenvalue weighted by Gasteiger charge is 2.58. The lowest BCUT2D eigenvalue weighted by atomic mass is 9.45. The molecule has 1 aromatic heterocycles. The molecule has 1 amide bonds. The van der Waals surface area contributed by atoms with E-state index in [-0.39, 0.29) is 11.0 Å². The zero-order valence-corrected chi connectivity index (χ0v) is 21.2. The molecule has 5 aliphatic rings. The Balaban J connectivity index is 1.18. The quantitative estimate of drug-likeness (QED) is 0.565. The average molecular weight is 481 g/mol. The molecule has 8 atom stereocenters. The zero-order chi connectivity index (χ0) is 24.4. The number of carbonyl (C=O) groups is 1. The van der Waals surface area contributed by atoms with Crippen molar-refractivity contribution in [3.05, 3.63) is 46.0 Å². The molecule has 1 saturated heterocycles. The van der Waals surface area contributed by atoms with E-state index in [4.69, 9.17) is 4.42 Å².